The largest absolute Gasteiger partial charge is 0.380 e. The molecule has 0 aromatic heterocycles. The molecule has 1 atom stereocenters. The fraction of sp³-hybridized carbons (Fsp3) is 0.545. The first-order valence-electron chi connectivity index (χ1n) is 10.8. The van der Waals surface area contributed by atoms with E-state index in [4.69, 9.17) is 4.74 Å². The van der Waals surface area contributed by atoms with Crippen molar-refractivity contribution >= 4 is 23.6 Å². The van der Waals surface area contributed by atoms with E-state index in [0.717, 1.165) is 0 Å². The summed E-state index contributed by atoms with van der Waals surface area (Å²) in [5, 5.41) is 2.27. The number of piperidine rings is 2. The van der Waals surface area contributed by atoms with Gasteiger partial charge < -0.3 is 14.5 Å². The van der Waals surface area contributed by atoms with Crippen LogP contribution >= 0.6 is 0 Å². The third-order valence-electron chi connectivity index (χ3n) is 6.87. The monoisotopic (exact) mass is 429 g/mol. The molecule has 1 aromatic rings. The molecule has 9 heteroatoms. The molecule has 0 bridgehead atoms. The van der Waals surface area contributed by atoms with Crippen molar-refractivity contribution < 1.29 is 28.3 Å². The van der Waals surface area contributed by atoms with Crippen LogP contribution in [0, 0.1) is 11.7 Å². The van der Waals surface area contributed by atoms with Crippen LogP contribution in [0.25, 0.3) is 0 Å². The second-order valence-corrected chi connectivity index (χ2v) is 8.76. The molecule has 4 amide bonds. The Labute approximate surface area is 178 Å². The predicted octanol–water partition coefficient (Wildman–Crippen LogP) is 0.939. The number of hydrogen-bond acceptors (Lipinski definition) is 5. The van der Waals surface area contributed by atoms with Gasteiger partial charge in [-0.3, -0.25) is 24.5 Å². The SMILES string of the molecule is O=C1CCC(N2Cc3cc(C4CCN(C(=O)C5COC5)CC4)c(F)cc3C2=O)C(=O)N1. The van der Waals surface area contributed by atoms with Crippen molar-refractivity contribution in [3.05, 3.63) is 34.6 Å². The zero-order valence-corrected chi connectivity index (χ0v) is 17.1. The molecule has 8 nitrogen and oxygen atoms in total. The molecule has 5 rings (SSSR count). The van der Waals surface area contributed by atoms with Crippen LogP contribution in [0.2, 0.25) is 0 Å². The fourth-order valence-corrected chi connectivity index (χ4v) is 4.97. The molecule has 1 N–H and O–H groups in total. The lowest BCUT2D eigenvalue weighted by Gasteiger charge is -2.36. The van der Waals surface area contributed by atoms with Gasteiger partial charge in [-0.25, -0.2) is 4.39 Å². The molecule has 1 aromatic carbocycles. The highest BCUT2D eigenvalue weighted by Gasteiger charge is 2.40. The Balaban J connectivity index is 1.29. The minimum atomic E-state index is -0.714. The number of nitrogens with zero attached hydrogens (tertiary/aromatic N) is 2. The Morgan fingerprint density at radius 2 is 1.84 bits per heavy atom. The molecular weight excluding hydrogens is 405 g/mol. The average Bonchev–Trinajstić information content (AvgIpc) is 3.02. The van der Waals surface area contributed by atoms with Gasteiger partial charge in [-0.15, -0.1) is 0 Å². The lowest BCUT2D eigenvalue weighted by Crippen LogP contribution is -2.52. The molecular formula is C22H24FN3O5. The van der Waals surface area contributed by atoms with Crippen LogP contribution in [0.15, 0.2) is 12.1 Å². The average molecular weight is 429 g/mol. The summed E-state index contributed by atoms with van der Waals surface area (Å²) >= 11 is 0. The highest BCUT2D eigenvalue weighted by atomic mass is 19.1. The van der Waals surface area contributed by atoms with Crippen LogP contribution in [-0.2, 0) is 25.7 Å². The molecule has 0 radical (unpaired) electrons. The van der Waals surface area contributed by atoms with Crippen molar-refractivity contribution in [2.24, 2.45) is 5.92 Å². The molecule has 4 aliphatic rings. The summed E-state index contributed by atoms with van der Waals surface area (Å²) in [6.07, 6.45) is 1.79. The van der Waals surface area contributed by atoms with Gasteiger partial charge in [0.25, 0.3) is 5.91 Å². The highest BCUT2D eigenvalue weighted by Crippen LogP contribution is 2.35. The number of imide groups is 1. The Morgan fingerprint density at radius 1 is 1.10 bits per heavy atom. The van der Waals surface area contributed by atoms with Gasteiger partial charge in [0.1, 0.15) is 11.9 Å². The second kappa shape index (κ2) is 7.71. The van der Waals surface area contributed by atoms with Crippen molar-refractivity contribution in [1.29, 1.82) is 0 Å². The first-order chi connectivity index (χ1) is 14.9. The first kappa shape index (κ1) is 20.1. The summed E-state index contributed by atoms with van der Waals surface area (Å²) in [6, 6.07) is 2.31. The van der Waals surface area contributed by atoms with E-state index in [0.29, 0.717) is 50.3 Å². The lowest BCUT2D eigenvalue weighted by atomic mass is 9.87. The van der Waals surface area contributed by atoms with Gasteiger partial charge in [-0.2, -0.15) is 0 Å². The van der Waals surface area contributed by atoms with Gasteiger partial charge in [0.15, 0.2) is 0 Å². The predicted molar refractivity (Wildman–Crippen MR) is 105 cm³/mol. The number of amides is 4. The minimum Gasteiger partial charge on any atom is -0.380 e. The number of rotatable bonds is 3. The summed E-state index contributed by atoms with van der Waals surface area (Å²) in [4.78, 5) is 52.1. The van der Waals surface area contributed by atoms with Crippen molar-refractivity contribution in [2.45, 2.75) is 44.2 Å². The van der Waals surface area contributed by atoms with E-state index < -0.39 is 17.8 Å². The van der Waals surface area contributed by atoms with Crippen LogP contribution in [-0.4, -0.2) is 65.8 Å². The van der Waals surface area contributed by atoms with E-state index >= 15 is 0 Å². The van der Waals surface area contributed by atoms with Crippen LogP contribution < -0.4 is 5.32 Å². The molecule has 4 aliphatic heterocycles. The number of benzene rings is 1. The van der Waals surface area contributed by atoms with Crippen LogP contribution in [0.5, 0.6) is 0 Å². The zero-order valence-electron chi connectivity index (χ0n) is 17.1. The quantitative estimate of drug-likeness (QED) is 0.722. The Morgan fingerprint density at radius 3 is 2.48 bits per heavy atom. The number of nitrogens with one attached hydrogen (secondary N) is 1. The van der Waals surface area contributed by atoms with Crippen molar-refractivity contribution in [3.8, 4) is 0 Å². The maximum atomic E-state index is 15.0. The number of halogens is 1. The molecule has 164 valence electrons. The molecule has 3 saturated heterocycles. The molecule has 0 saturated carbocycles. The van der Waals surface area contributed by atoms with Crippen molar-refractivity contribution in [3.63, 3.8) is 0 Å². The Kier molecular flexibility index (Phi) is 5.00. The summed E-state index contributed by atoms with van der Waals surface area (Å²) in [5.74, 6) is -1.57. The topological polar surface area (TPSA) is 96.0 Å². The van der Waals surface area contributed by atoms with E-state index in [9.17, 15) is 23.6 Å². The van der Waals surface area contributed by atoms with Crippen molar-refractivity contribution in [1.82, 2.24) is 15.1 Å². The first-order valence-corrected chi connectivity index (χ1v) is 10.8. The standard InChI is InChI=1S/C22H24FN3O5/c23-17-8-16-13(9-26(22(16)30)18-1-2-19(27)24-20(18)28)7-15(17)12-3-5-25(6-4-12)21(29)14-10-31-11-14/h7-8,12,14,18H,1-6,9-11H2,(H,24,27,28). The molecule has 4 heterocycles. The second-order valence-electron chi connectivity index (χ2n) is 8.76. The van der Waals surface area contributed by atoms with E-state index in [-0.39, 0.29) is 54.5 Å². The zero-order chi connectivity index (χ0) is 21.7. The number of hydrogen-bond donors (Lipinski definition) is 1. The molecule has 1 unspecified atom stereocenters. The highest BCUT2D eigenvalue weighted by molar-refractivity contribution is 6.05. The Bertz CT molecular complexity index is 968. The van der Waals surface area contributed by atoms with Crippen molar-refractivity contribution in [2.75, 3.05) is 26.3 Å². The van der Waals surface area contributed by atoms with Gasteiger partial charge in [0, 0.05) is 31.6 Å². The van der Waals surface area contributed by atoms with E-state index in [2.05, 4.69) is 5.32 Å². The number of carbonyl (C=O) groups is 4. The van der Waals surface area contributed by atoms with E-state index in [1.807, 2.05) is 4.90 Å². The maximum Gasteiger partial charge on any atom is 0.255 e. The van der Waals surface area contributed by atoms with E-state index in [1.54, 1.807) is 6.07 Å². The normalized spacial score (nSPS) is 24.8. The van der Waals surface area contributed by atoms with Crippen LogP contribution in [0.1, 0.15) is 53.1 Å². The molecule has 0 aliphatic carbocycles. The van der Waals surface area contributed by atoms with Gasteiger partial charge in [0.05, 0.1) is 19.1 Å². The molecule has 3 fully saturated rings. The minimum absolute atomic E-state index is 0.0215. The smallest absolute Gasteiger partial charge is 0.255 e. The third-order valence-corrected chi connectivity index (χ3v) is 6.87. The summed E-state index contributed by atoms with van der Waals surface area (Å²) in [7, 11) is 0. The van der Waals surface area contributed by atoms with E-state index in [1.165, 1.54) is 11.0 Å². The number of likely N-dealkylation sites (tertiary alicyclic amines) is 1. The fourth-order valence-electron chi connectivity index (χ4n) is 4.97. The lowest BCUT2D eigenvalue weighted by molar-refractivity contribution is -0.151. The van der Waals surface area contributed by atoms with Gasteiger partial charge in [-0.1, -0.05) is 6.07 Å². The molecule has 31 heavy (non-hydrogen) atoms. The Hall–Kier alpha value is -2.81. The summed E-state index contributed by atoms with van der Waals surface area (Å²) in [5.41, 5.74) is 1.55. The number of ether oxygens (including phenoxy) is 1. The summed E-state index contributed by atoms with van der Waals surface area (Å²) < 4.78 is 20.1. The molecule has 0 spiro atoms. The number of fused-ring (bicyclic) bond motifs is 1. The van der Waals surface area contributed by atoms with Crippen LogP contribution in [0.3, 0.4) is 0 Å². The summed E-state index contributed by atoms with van der Waals surface area (Å²) in [6.45, 7) is 2.36. The van der Waals surface area contributed by atoms with Gasteiger partial charge in [-0.05, 0) is 42.4 Å². The maximum absolute atomic E-state index is 15.0. The van der Waals surface area contributed by atoms with Gasteiger partial charge in [0.2, 0.25) is 17.7 Å². The van der Waals surface area contributed by atoms with Gasteiger partial charge >= 0.3 is 0 Å². The third kappa shape index (κ3) is 3.50. The number of carbonyl (C=O) groups excluding carboxylic acids is 4. The van der Waals surface area contributed by atoms with Crippen LogP contribution in [0.4, 0.5) is 4.39 Å².